The van der Waals surface area contributed by atoms with E-state index >= 15 is 0 Å². The van der Waals surface area contributed by atoms with E-state index in [1.807, 2.05) is 0 Å². The van der Waals surface area contributed by atoms with Crippen LogP contribution in [0.1, 0.15) is 42.5 Å². The Balaban J connectivity index is 2.15. The Hall–Kier alpha value is -2.11. The molecule has 0 unspecified atom stereocenters. The molecule has 114 valence electrons. The normalized spacial score (nSPS) is 17.0. The van der Waals surface area contributed by atoms with E-state index in [4.69, 9.17) is 0 Å². The quantitative estimate of drug-likeness (QED) is 0.886. The van der Waals surface area contributed by atoms with E-state index in [0.717, 1.165) is 19.3 Å². The van der Waals surface area contributed by atoms with Gasteiger partial charge in [-0.05, 0) is 25.0 Å². The van der Waals surface area contributed by atoms with Crippen LogP contribution in [0.4, 0.5) is 5.82 Å². The molecule has 0 aromatic carbocycles. The summed E-state index contributed by atoms with van der Waals surface area (Å²) in [4.78, 5) is 29.0. The van der Waals surface area contributed by atoms with Crippen LogP contribution >= 0.6 is 0 Å². The van der Waals surface area contributed by atoms with E-state index in [9.17, 15) is 14.7 Å². The van der Waals surface area contributed by atoms with Gasteiger partial charge in [-0.3, -0.25) is 4.79 Å². The monoisotopic (exact) mass is 291 g/mol. The molecule has 1 aliphatic rings. The maximum Gasteiger partial charge on any atom is 0.329 e. The van der Waals surface area contributed by atoms with Crippen molar-refractivity contribution in [2.24, 2.45) is 0 Å². The number of hydrogen-bond donors (Lipinski definition) is 2. The molecule has 0 saturated heterocycles. The molecule has 21 heavy (non-hydrogen) atoms. The molecule has 0 bridgehead atoms. The zero-order valence-corrected chi connectivity index (χ0v) is 12.4. The molecule has 1 heterocycles. The summed E-state index contributed by atoms with van der Waals surface area (Å²) < 4.78 is 0. The summed E-state index contributed by atoms with van der Waals surface area (Å²) in [5.41, 5.74) is -0.447. The second kappa shape index (κ2) is 6.11. The number of rotatable bonds is 4. The van der Waals surface area contributed by atoms with Gasteiger partial charge in [-0.1, -0.05) is 19.3 Å². The lowest BCUT2D eigenvalue weighted by Gasteiger charge is -2.34. The summed E-state index contributed by atoms with van der Waals surface area (Å²) >= 11 is 0. The number of anilines is 1. The predicted molar refractivity (Wildman–Crippen MR) is 79.3 cm³/mol. The van der Waals surface area contributed by atoms with Crippen molar-refractivity contribution in [3.05, 3.63) is 23.9 Å². The van der Waals surface area contributed by atoms with E-state index in [-0.39, 0.29) is 5.91 Å². The maximum atomic E-state index is 11.8. The van der Waals surface area contributed by atoms with Crippen molar-refractivity contribution in [3.8, 4) is 0 Å². The number of carboxylic acid groups (broad SMARTS) is 1. The van der Waals surface area contributed by atoms with Crippen LogP contribution in [-0.2, 0) is 4.79 Å². The van der Waals surface area contributed by atoms with Gasteiger partial charge in [0.15, 0.2) is 0 Å². The van der Waals surface area contributed by atoms with Crippen LogP contribution in [0.5, 0.6) is 0 Å². The maximum absolute atomic E-state index is 11.8. The molecule has 0 atom stereocenters. The standard InChI is InChI=1S/C15H21N3O3/c1-18(2)13(19)11-6-7-12(16-10-11)17-15(14(20)21)8-4-3-5-9-15/h6-7,10H,3-5,8-9H2,1-2H3,(H,16,17)(H,20,21). The average Bonchev–Trinajstić information content (AvgIpc) is 2.48. The first-order valence-corrected chi connectivity index (χ1v) is 7.14. The zero-order chi connectivity index (χ0) is 15.5. The Morgan fingerprint density at radius 3 is 2.38 bits per heavy atom. The molecule has 0 aliphatic heterocycles. The molecule has 1 aliphatic carbocycles. The smallest absolute Gasteiger partial charge is 0.329 e. The largest absolute Gasteiger partial charge is 0.480 e. The number of aliphatic carboxylic acids is 1. The fourth-order valence-corrected chi connectivity index (χ4v) is 2.65. The van der Waals surface area contributed by atoms with Gasteiger partial charge in [0, 0.05) is 20.3 Å². The van der Waals surface area contributed by atoms with Crippen LogP contribution in [0, 0.1) is 0 Å². The molecular weight excluding hydrogens is 270 g/mol. The summed E-state index contributed by atoms with van der Waals surface area (Å²) in [5.74, 6) is -0.466. The second-order valence-corrected chi connectivity index (χ2v) is 5.70. The Bertz CT molecular complexity index is 519. The molecule has 2 N–H and O–H groups in total. The first kappa shape index (κ1) is 15.3. The minimum absolute atomic E-state index is 0.125. The van der Waals surface area contributed by atoms with Crippen molar-refractivity contribution >= 4 is 17.7 Å². The summed E-state index contributed by atoms with van der Waals surface area (Å²) in [6.07, 6.45) is 5.54. The molecule has 1 aromatic rings. The number of carbonyl (C=O) groups is 2. The lowest BCUT2D eigenvalue weighted by molar-refractivity contribution is -0.143. The van der Waals surface area contributed by atoms with E-state index in [1.165, 1.54) is 11.1 Å². The minimum Gasteiger partial charge on any atom is -0.480 e. The van der Waals surface area contributed by atoms with Crippen LogP contribution < -0.4 is 5.32 Å². The van der Waals surface area contributed by atoms with Crippen molar-refractivity contribution in [1.82, 2.24) is 9.88 Å². The van der Waals surface area contributed by atoms with Gasteiger partial charge in [-0.15, -0.1) is 0 Å². The molecule has 0 radical (unpaired) electrons. The Labute approximate surface area is 124 Å². The van der Waals surface area contributed by atoms with Gasteiger partial charge in [0.05, 0.1) is 5.56 Å². The molecule has 1 fully saturated rings. The van der Waals surface area contributed by atoms with Crippen molar-refractivity contribution < 1.29 is 14.7 Å². The SMILES string of the molecule is CN(C)C(=O)c1ccc(NC2(C(=O)O)CCCCC2)nc1. The number of aromatic nitrogens is 1. The third kappa shape index (κ3) is 3.32. The number of carbonyl (C=O) groups excluding carboxylic acids is 1. The highest BCUT2D eigenvalue weighted by Crippen LogP contribution is 2.31. The number of hydrogen-bond acceptors (Lipinski definition) is 4. The van der Waals surface area contributed by atoms with Crippen molar-refractivity contribution in [2.75, 3.05) is 19.4 Å². The van der Waals surface area contributed by atoms with E-state index in [0.29, 0.717) is 24.2 Å². The summed E-state index contributed by atoms with van der Waals surface area (Å²) in [6.45, 7) is 0. The van der Waals surface area contributed by atoms with Crippen LogP contribution in [0.15, 0.2) is 18.3 Å². The molecular formula is C15H21N3O3. The Kier molecular flexibility index (Phi) is 4.45. The average molecular weight is 291 g/mol. The number of nitrogens with zero attached hydrogens (tertiary/aromatic N) is 2. The molecule has 0 spiro atoms. The van der Waals surface area contributed by atoms with Gasteiger partial charge in [-0.2, -0.15) is 0 Å². The van der Waals surface area contributed by atoms with Crippen molar-refractivity contribution in [1.29, 1.82) is 0 Å². The number of amides is 1. The molecule has 6 nitrogen and oxygen atoms in total. The molecule has 1 aromatic heterocycles. The van der Waals surface area contributed by atoms with E-state index in [1.54, 1.807) is 26.2 Å². The molecule has 1 saturated carbocycles. The zero-order valence-electron chi connectivity index (χ0n) is 12.4. The summed E-state index contributed by atoms with van der Waals surface area (Å²) in [6, 6.07) is 3.33. The first-order chi connectivity index (χ1) is 9.94. The number of nitrogens with one attached hydrogen (secondary N) is 1. The topological polar surface area (TPSA) is 82.5 Å². The predicted octanol–water partition coefficient (Wildman–Crippen LogP) is 1.98. The first-order valence-electron chi connectivity index (χ1n) is 7.14. The fourth-order valence-electron chi connectivity index (χ4n) is 2.65. The lowest BCUT2D eigenvalue weighted by atomic mass is 9.81. The van der Waals surface area contributed by atoms with Crippen LogP contribution in [0.3, 0.4) is 0 Å². The van der Waals surface area contributed by atoms with Gasteiger partial charge in [0.25, 0.3) is 5.91 Å². The van der Waals surface area contributed by atoms with Gasteiger partial charge < -0.3 is 15.3 Å². The third-order valence-corrected chi connectivity index (χ3v) is 3.90. The molecule has 1 amide bonds. The highest BCUT2D eigenvalue weighted by Gasteiger charge is 2.39. The van der Waals surface area contributed by atoms with Crippen LogP contribution in [0.2, 0.25) is 0 Å². The highest BCUT2D eigenvalue weighted by molar-refractivity contribution is 5.93. The van der Waals surface area contributed by atoms with E-state index < -0.39 is 11.5 Å². The third-order valence-electron chi connectivity index (χ3n) is 3.90. The van der Waals surface area contributed by atoms with Gasteiger partial charge in [0.1, 0.15) is 11.4 Å². The van der Waals surface area contributed by atoms with Gasteiger partial charge in [-0.25, -0.2) is 9.78 Å². The Morgan fingerprint density at radius 1 is 1.24 bits per heavy atom. The Morgan fingerprint density at radius 2 is 1.90 bits per heavy atom. The van der Waals surface area contributed by atoms with Crippen LogP contribution in [-0.4, -0.2) is 46.5 Å². The van der Waals surface area contributed by atoms with Crippen LogP contribution in [0.25, 0.3) is 0 Å². The van der Waals surface area contributed by atoms with Crippen molar-refractivity contribution in [3.63, 3.8) is 0 Å². The van der Waals surface area contributed by atoms with Gasteiger partial charge in [0.2, 0.25) is 0 Å². The minimum atomic E-state index is -0.932. The second-order valence-electron chi connectivity index (χ2n) is 5.70. The van der Waals surface area contributed by atoms with E-state index in [2.05, 4.69) is 10.3 Å². The number of carboxylic acids is 1. The highest BCUT2D eigenvalue weighted by atomic mass is 16.4. The van der Waals surface area contributed by atoms with Gasteiger partial charge >= 0.3 is 5.97 Å². The summed E-state index contributed by atoms with van der Waals surface area (Å²) in [5, 5.41) is 12.6. The lowest BCUT2D eigenvalue weighted by Crippen LogP contribution is -2.48. The molecule has 6 heteroatoms. The number of pyridine rings is 1. The van der Waals surface area contributed by atoms with Crippen molar-refractivity contribution in [2.45, 2.75) is 37.6 Å². The summed E-state index contributed by atoms with van der Waals surface area (Å²) in [7, 11) is 3.35. The fraction of sp³-hybridized carbons (Fsp3) is 0.533. The molecule has 2 rings (SSSR count).